The summed E-state index contributed by atoms with van der Waals surface area (Å²) in [6, 6.07) is 5.92. The molecule has 0 amide bonds. The standard InChI is InChI=1S/C14H17BrN2OS/c1-9(16)12-4-3-11(15)7-13(12)18-6-5-14-10(2)17-8-19-14/h3-4,7-9H,5-6,16H2,1-2H3/t9-/m0/s1. The number of halogens is 1. The minimum absolute atomic E-state index is 0.0340. The van der Waals surface area contributed by atoms with Gasteiger partial charge in [0, 0.05) is 27.4 Å². The zero-order valence-corrected chi connectivity index (χ0v) is 13.4. The number of hydrogen-bond donors (Lipinski definition) is 1. The first-order chi connectivity index (χ1) is 9.08. The molecule has 1 aromatic carbocycles. The van der Waals surface area contributed by atoms with Crippen LogP contribution in [0, 0.1) is 6.92 Å². The van der Waals surface area contributed by atoms with Crippen molar-refractivity contribution in [2.75, 3.05) is 6.61 Å². The summed E-state index contributed by atoms with van der Waals surface area (Å²) >= 11 is 5.13. The molecule has 3 nitrogen and oxygen atoms in total. The third kappa shape index (κ3) is 3.78. The molecular formula is C14H17BrN2OS. The fraction of sp³-hybridized carbons (Fsp3) is 0.357. The second kappa shape index (κ2) is 6.50. The third-order valence-corrected chi connectivity index (χ3v) is 4.39. The van der Waals surface area contributed by atoms with Crippen LogP contribution >= 0.6 is 27.3 Å². The van der Waals surface area contributed by atoms with Crippen LogP contribution in [0.3, 0.4) is 0 Å². The van der Waals surface area contributed by atoms with Gasteiger partial charge in [-0.2, -0.15) is 0 Å². The molecule has 1 atom stereocenters. The smallest absolute Gasteiger partial charge is 0.125 e. The van der Waals surface area contributed by atoms with Crippen LogP contribution in [0.5, 0.6) is 5.75 Å². The molecule has 19 heavy (non-hydrogen) atoms. The van der Waals surface area contributed by atoms with E-state index in [1.165, 1.54) is 4.88 Å². The van der Waals surface area contributed by atoms with Crippen molar-refractivity contribution in [1.29, 1.82) is 0 Å². The molecule has 0 radical (unpaired) electrons. The molecule has 1 heterocycles. The Morgan fingerprint density at radius 1 is 1.47 bits per heavy atom. The van der Waals surface area contributed by atoms with Crippen molar-refractivity contribution in [2.45, 2.75) is 26.3 Å². The molecule has 2 N–H and O–H groups in total. The van der Waals surface area contributed by atoms with Gasteiger partial charge in [0.1, 0.15) is 5.75 Å². The Kier molecular flexibility index (Phi) is 4.96. The molecule has 0 aliphatic rings. The number of nitrogens with two attached hydrogens (primary N) is 1. The molecule has 0 bridgehead atoms. The molecule has 0 saturated carbocycles. The highest BCUT2D eigenvalue weighted by Gasteiger charge is 2.09. The van der Waals surface area contributed by atoms with Crippen LogP contribution in [0.1, 0.15) is 29.1 Å². The summed E-state index contributed by atoms with van der Waals surface area (Å²) < 4.78 is 6.88. The van der Waals surface area contributed by atoms with Gasteiger partial charge in [0.2, 0.25) is 0 Å². The van der Waals surface area contributed by atoms with Crippen LogP contribution < -0.4 is 10.5 Å². The highest BCUT2D eigenvalue weighted by Crippen LogP contribution is 2.28. The first-order valence-electron chi connectivity index (χ1n) is 6.14. The molecule has 0 unspecified atom stereocenters. The fourth-order valence-corrected chi connectivity index (χ4v) is 2.93. The van der Waals surface area contributed by atoms with E-state index in [0.29, 0.717) is 6.61 Å². The summed E-state index contributed by atoms with van der Waals surface area (Å²) in [6.07, 6.45) is 0.876. The van der Waals surface area contributed by atoms with Crippen LogP contribution in [0.15, 0.2) is 28.2 Å². The van der Waals surface area contributed by atoms with Crippen molar-refractivity contribution in [1.82, 2.24) is 4.98 Å². The molecule has 0 aliphatic heterocycles. The van der Waals surface area contributed by atoms with Crippen LogP contribution in [-0.4, -0.2) is 11.6 Å². The Morgan fingerprint density at radius 3 is 2.89 bits per heavy atom. The summed E-state index contributed by atoms with van der Waals surface area (Å²) in [5, 5.41) is 0. The van der Waals surface area contributed by atoms with Crippen molar-refractivity contribution in [3.8, 4) is 5.75 Å². The summed E-state index contributed by atoms with van der Waals surface area (Å²) in [5.74, 6) is 0.853. The number of aryl methyl sites for hydroxylation is 1. The van der Waals surface area contributed by atoms with Crippen molar-refractivity contribution in [3.05, 3.63) is 44.3 Å². The number of hydrogen-bond acceptors (Lipinski definition) is 4. The summed E-state index contributed by atoms with van der Waals surface area (Å²) in [6.45, 7) is 4.63. The Labute approximate surface area is 125 Å². The Morgan fingerprint density at radius 2 is 2.26 bits per heavy atom. The Hall–Kier alpha value is -0.910. The molecule has 0 aliphatic carbocycles. The molecule has 102 valence electrons. The highest BCUT2D eigenvalue weighted by molar-refractivity contribution is 9.10. The van der Waals surface area contributed by atoms with E-state index in [-0.39, 0.29) is 6.04 Å². The van der Waals surface area contributed by atoms with E-state index < -0.39 is 0 Å². The number of benzene rings is 1. The molecule has 5 heteroatoms. The average Bonchev–Trinajstić information content (AvgIpc) is 2.75. The lowest BCUT2D eigenvalue weighted by Crippen LogP contribution is -2.09. The second-order valence-corrected chi connectivity index (χ2v) is 6.29. The van der Waals surface area contributed by atoms with Gasteiger partial charge in [0.05, 0.1) is 17.8 Å². The quantitative estimate of drug-likeness (QED) is 0.898. The van der Waals surface area contributed by atoms with Gasteiger partial charge in [0.25, 0.3) is 0 Å². The SMILES string of the molecule is Cc1ncsc1CCOc1cc(Br)ccc1[C@H](C)N. The lowest BCUT2D eigenvalue weighted by atomic mass is 10.1. The second-order valence-electron chi connectivity index (χ2n) is 4.43. The van der Waals surface area contributed by atoms with E-state index in [1.54, 1.807) is 11.3 Å². The van der Waals surface area contributed by atoms with E-state index in [0.717, 1.165) is 27.9 Å². The average molecular weight is 341 g/mol. The first kappa shape index (κ1) is 14.5. The molecule has 2 rings (SSSR count). The number of nitrogens with zero attached hydrogens (tertiary/aromatic N) is 1. The first-order valence-corrected chi connectivity index (χ1v) is 7.82. The molecule has 2 aromatic rings. The van der Waals surface area contributed by atoms with Gasteiger partial charge in [-0.1, -0.05) is 22.0 Å². The van der Waals surface area contributed by atoms with Gasteiger partial charge in [0.15, 0.2) is 0 Å². The van der Waals surface area contributed by atoms with Gasteiger partial charge in [-0.05, 0) is 26.0 Å². The number of ether oxygens (including phenoxy) is 1. The predicted molar refractivity (Wildman–Crippen MR) is 82.8 cm³/mol. The van der Waals surface area contributed by atoms with Crippen LogP contribution in [0.4, 0.5) is 0 Å². The number of aromatic nitrogens is 1. The van der Waals surface area contributed by atoms with Gasteiger partial charge >= 0.3 is 0 Å². The van der Waals surface area contributed by atoms with Crippen LogP contribution in [-0.2, 0) is 6.42 Å². The monoisotopic (exact) mass is 340 g/mol. The maximum absolute atomic E-state index is 5.95. The topological polar surface area (TPSA) is 48.1 Å². The van der Waals surface area contributed by atoms with Crippen molar-refractivity contribution in [3.63, 3.8) is 0 Å². The minimum atomic E-state index is -0.0340. The fourth-order valence-electron chi connectivity index (χ4n) is 1.83. The molecule has 1 aromatic heterocycles. The largest absolute Gasteiger partial charge is 0.493 e. The van der Waals surface area contributed by atoms with Crippen molar-refractivity contribution < 1.29 is 4.74 Å². The zero-order valence-electron chi connectivity index (χ0n) is 11.0. The van der Waals surface area contributed by atoms with Crippen molar-refractivity contribution >= 4 is 27.3 Å². The third-order valence-electron chi connectivity index (χ3n) is 2.90. The summed E-state index contributed by atoms with van der Waals surface area (Å²) in [4.78, 5) is 5.51. The van der Waals surface area contributed by atoms with Crippen LogP contribution in [0.25, 0.3) is 0 Å². The summed E-state index contributed by atoms with van der Waals surface area (Å²) in [5.41, 5.74) is 9.95. The van der Waals surface area contributed by atoms with E-state index >= 15 is 0 Å². The van der Waals surface area contributed by atoms with E-state index in [1.807, 2.05) is 37.6 Å². The van der Waals surface area contributed by atoms with E-state index in [2.05, 4.69) is 20.9 Å². The maximum atomic E-state index is 5.95. The lowest BCUT2D eigenvalue weighted by molar-refractivity contribution is 0.317. The number of thiazole rings is 1. The summed E-state index contributed by atoms with van der Waals surface area (Å²) in [7, 11) is 0. The van der Waals surface area contributed by atoms with E-state index in [9.17, 15) is 0 Å². The molecule has 0 spiro atoms. The Bertz CT molecular complexity index is 554. The lowest BCUT2D eigenvalue weighted by Gasteiger charge is -2.14. The minimum Gasteiger partial charge on any atom is -0.493 e. The normalized spacial score (nSPS) is 12.4. The molecular weight excluding hydrogens is 324 g/mol. The predicted octanol–water partition coefficient (Wildman–Crippen LogP) is 3.86. The van der Waals surface area contributed by atoms with Gasteiger partial charge in [-0.25, -0.2) is 4.98 Å². The van der Waals surface area contributed by atoms with E-state index in [4.69, 9.17) is 10.5 Å². The zero-order chi connectivity index (χ0) is 13.8. The van der Waals surface area contributed by atoms with Gasteiger partial charge in [-0.15, -0.1) is 11.3 Å². The molecule has 0 saturated heterocycles. The molecule has 0 fully saturated rings. The van der Waals surface area contributed by atoms with Gasteiger partial charge < -0.3 is 10.5 Å². The van der Waals surface area contributed by atoms with Crippen molar-refractivity contribution in [2.24, 2.45) is 5.73 Å². The number of rotatable bonds is 5. The Balaban J connectivity index is 2.03. The maximum Gasteiger partial charge on any atom is 0.125 e. The van der Waals surface area contributed by atoms with Crippen LogP contribution in [0.2, 0.25) is 0 Å². The van der Waals surface area contributed by atoms with Gasteiger partial charge in [-0.3, -0.25) is 0 Å². The highest BCUT2D eigenvalue weighted by atomic mass is 79.9.